The molecule has 0 unspecified atom stereocenters. The molecule has 1 atom stereocenters. The minimum Gasteiger partial charge on any atom is -0.394 e. The second-order valence-corrected chi connectivity index (χ2v) is 9.04. The number of carbonyl (C=O) groups excluding carboxylic acids is 1. The molecule has 1 aliphatic heterocycles. The van der Waals surface area contributed by atoms with E-state index in [1.54, 1.807) is 18.3 Å². The Kier molecular flexibility index (Phi) is 5.70. The standard InChI is InChI=1S/C26H26N6O3/c1-15-11-22(35-32-15)19-13-27-25(30-23(19)29-21(14-33)16-7-5-4-6-8-16)28-17-9-10-18-20(12-17)26(2,3)31-24(18)34/h4-13,21,33H,14H2,1-3H3,(H,31,34)(H2,27,28,29,30)/t21-/m1/s1. The smallest absolute Gasteiger partial charge is 0.252 e. The highest BCUT2D eigenvalue weighted by molar-refractivity contribution is 6.00. The second kappa shape index (κ2) is 8.84. The number of benzene rings is 2. The first-order valence-electron chi connectivity index (χ1n) is 11.3. The molecule has 9 nitrogen and oxygen atoms in total. The summed E-state index contributed by atoms with van der Waals surface area (Å²) in [7, 11) is 0. The molecule has 0 saturated heterocycles. The Morgan fingerprint density at radius 1 is 1.11 bits per heavy atom. The van der Waals surface area contributed by atoms with Crippen molar-refractivity contribution in [2.75, 3.05) is 17.2 Å². The van der Waals surface area contributed by atoms with Gasteiger partial charge in [0.25, 0.3) is 5.91 Å². The highest BCUT2D eigenvalue weighted by Gasteiger charge is 2.35. The molecule has 1 aliphatic rings. The van der Waals surface area contributed by atoms with Crippen LogP contribution in [0.2, 0.25) is 0 Å². The number of aliphatic hydroxyl groups excluding tert-OH is 1. The monoisotopic (exact) mass is 470 g/mol. The van der Waals surface area contributed by atoms with Crippen LogP contribution in [0.25, 0.3) is 11.3 Å². The highest BCUT2D eigenvalue weighted by Crippen LogP contribution is 2.34. The van der Waals surface area contributed by atoms with Gasteiger partial charge in [0.05, 0.1) is 29.4 Å². The first kappa shape index (κ1) is 22.5. The van der Waals surface area contributed by atoms with E-state index in [2.05, 4.69) is 26.1 Å². The van der Waals surface area contributed by atoms with Crippen LogP contribution in [0.4, 0.5) is 17.5 Å². The van der Waals surface area contributed by atoms with Crippen molar-refractivity contribution in [3.63, 3.8) is 0 Å². The van der Waals surface area contributed by atoms with Crippen LogP contribution in [0, 0.1) is 6.92 Å². The van der Waals surface area contributed by atoms with Crippen LogP contribution in [0.15, 0.2) is 65.3 Å². The largest absolute Gasteiger partial charge is 0.394 e. The van der Waals surface area contributed by atoms with E-state index in [1.807, 2.05) is 63.2 Å². The molecule has 4 N–H and O–H groups in total. The maximum Gasteiger partial charge on any atom is 0.252 e. The van der Waals surface area contributed by atoms with Gasteiger partial charge in [-0.15, -0.1) is 0 Å². The number of carbonyl (C=O) groups is 1. The lowest BCUT2D eigenvalue weighted by atomic mass is 9.94. The quantitative estimate of drug-likeness (QED) is 0.315. The Morgan fingerprint density at radius 3 is 2.63 bits per heavy atom. The van der Waals surface area contributed by atoms with Crippen LogP contribution in [0.5, 0.6) is 0 Å². The van der Waals surface area contributed by atoms with Crippen LogP contribution >= 0.6 is 0 Å². The van der Waals surface area contributed by atoms with Crippen molar-refractivity contribution in [3.8, 4) is 11.3 Å². The first-order chi connectivity index (χ1) is 16.8. The Hall–Kier alpha value is -4.24. The van der Waals surface area contributed by atoms with Crippen molar-refractivity contribution >= 4 is 23.4 Å². The van der Waals surface area contributed by atoms with Gasteiger partial charge in [-0.1, -0.05) is 35.5 Å². The van der Waals surface area contributed by atoms with Crippen molar-refractivity contribution in [2.24, 2.45) is 0 Å². The lowest BCUT2D eigenvalue weighted by Gasteiger charge is -2.20. The van der Waals surface area contributed by atoms with Crippen molar-refractivity contribution in [1.82, 2.24) is 20.4 Å². The maximum atomic E-state index is 12.2. The van der Waals surface area contributed by atoms with E-state index in [0.29, 0.717) is 28.7 Å². The van der Waals surface area contributed by atoms with Crippen molar-refractivity contribution in [1.29, 1.82) is 0 Å². The average Bonchev–Trinajstić information content (AvgIpc) is 3.37. The fourth-order valence-corrected chi connectivity index (χ4v) is 4.19. The fraction of sp³-hybridized carbons (Fsp3) is 0.231. The Bertz CT molecular complexity index is 1380. The van der Waals surface area contributed by atoms with E-state index in [4.69, 9.17) is 9.51 Å². The molecule has 0 radical (unpaired) electrons. The zero-order chi connectivity index (χ0) is 24.6. The third kappa shape index (κ3) is 4.45. The van der Waals surface area contributed by atoms with Crippen molar-refractivity contribution < 1.29 is 14.4 Å². The number of hydrogen-bond donors (Lipinski definition) is 4. The molecule has 0 fully saturated rings. The van der Waals surface area contributed by atoms with E-state index < -0.39 is 5.54 Å². The summed E-state index contributed by atoms with van der Waals surface area (Å²) in [5, 5.41) is 23.6. The number of rotatable bonds is 7. The number of hydrogen-bond acceptors (Lipinski definition) is 8. The van der Waals surface area contributed by atoms with Crippen LogP contribution in [-0.2, 0) is 5.54 Å². The molecular formula is C26H26N6O3. The van der Waals surface area contributed by atoms with Gasteiger partial charge in [-0.25, -0.2) is 4.98 Å². The summed E-state index contributed by atoms with van der Waals surface area (Å²) in [5.41, 5.74) is 4.13. The third-order valence-corrected chi connectivity index (χ3v) is 6.00. The highest BCUT2D eigenvalue weighted by atomic mass is 16.5. The summed E-state index contributed by atoms with van der Waals surface area (Å²) >= 11 is 0. The number of aryl methyl sites for hydroxylation is 1. The molecule has 2 aromatic heterocycles. The summed E-state index contributed by atoms with van der Waals surface area (Å²) in [6.07, 6.45) is 1.65. The summed E-state index contributed by atoms with van der Waals surface area (Å²) < 4.78 is 5.46. The molecule has 4 aromatic rings. The lowest BCUT2D eigenvalue weighted by molar-refractivity contribution is 0.0940. The SMILES string of the molecule is Cc1cc(-c2cnc(Nc3ccc4c(c3)C(C)(C)NC4=O)nc2N[C@H](CO)c2ccccc2)on1. The molecule has 0 aliphatic carbocycles. The summed E-state index contributed by atoms with van der Waals surface area (Å²) in [4.78, 5) is 21.4. The Labute approximate surface area is 202 Å². The van der Waals surface area contributed by atoms with Gasteiger partial charge in [-0.2, -0.15) is 4.98 Å². The summed E-state index contributed by atoms with van der Waals surface area (Å²) in [6.45, 7) is 5.64. The van der Waals surface area contributed by atoms with Gasteiger partial charge in [-0.05, 0) is 50.1 Å². The summed E-state index contributed by atoms with van der Waals surface area (Å²) in [6, 6.07) is 16.6. The van der Waals surface area contributed by atoms with E-state index in [9.17, 15) is 9.90 Å². The molecule has 178 valence electrons. The summed E-state index contributed by atoms with van der Waals surface area (Å²) in [5.74, 6) is 1.28. The minimum absolute atomic E-state index is 0.0815. The molecule has 0 spiro atoms. The average molecular weight is 471 g/mol. The molecule has 35 heavy (non-hydrogen) atoms. The molecule has 0 bridgehead atoms. The number of amides is 1. The van der Waals surface area contributed by atoms with E-state index in [-0.39, 0.29) is 18.6 Å². The van der Waals surface area contributed by atoms with E-state index >= 15 is 0 Å². The topological polar surface area (TPSA) is 125 Å². The number of anilines is 3. The first-order valence-corrected chi connectivity index (χ1v) is 11.3. The molecule has 2 aromatic carbocycles. The Morgan fingerprint density at radius 2 is 1.91 bits per heavy atom. The maximum absolute atomic E-state index is 12.2. The van der Waals surface area contributed by atoms with Crippen LogP contribution in [-0.4, -0.2) is 32.7 Å². The zero-order valence-corrected chi connectivity index (χ0v) is 19.7. The van der Waals surface area contributed by atoms with Crippen LogP contribution in [0.1, 0.15) is 47.1 Å². The number of aromatic nitrogens is 3. The number of nitrogens with one attached hydrogen (secondary N) is 3. The van der Waals surface area contributed by atoms with Crippen LogP contribution < -0.4 is 16.0 Å². The third-order valence-electron chi connectivity index (χ3n) is 6.00. The number of fused-ring (bicyclic) bond motifs is 1. The van der Waals surface area contributed by atoms with Crippen LogP contribution in [0.3, 0.4) is 0 Å². The zero-order valence-electron chi connectivity index (χ0n) is 19.7. The van der Waals surface area contributed by atoms with Crippen molar-refractivity contribution in [2.45, 2.75) is 32.4 Å². The molecule has 5 rings (SSSR count). The number of aliphatic hydroxyl groups is 1. The normalized spacial score (nSPS) is 14.8. The predicted molar refractivity (Wildman–Crippen MR) is 132 cm³/mol. The molecule has 3 heterocycles. The molecule has 9 heteroatoms. The van der Waals surface area contributed by atoms with Gasteiger partial charge in [0, 0.05) is 23.5 Å². The second-order valence-electron chi connectivity index (χ2n) is 9.04. The minimum atomic E-state index is -0.463. The fourth-order valence-electron chi connectivity index (χ4n) is 4.19. The van der Waals surface area contributed by atoms with E-state index in [0.717, 1.165) is 22.5 Å². The molecular weight excluding hydrogens is 444 g/mol. The van der Waals surface area contributed by atoms with Gasteiger partial charge >= 0.3 is 0 Å². The van der Waals surface area contributed by atoms with Gasteiger partial charge in [0.1, 0.15) is 5.82 Å². The van der Waals surface area contributed by atoms with Crippen molar-refractivity contribution in [3.05, 3.63) is 83.2 Å². The Balaban J connectivity index is 1.50. The number of nitrogens with zero attached hydrogens (tertiary/aromatic N) is 3. The molecule has 0 saturated carbocycles. The molecule has 1 amide bonds. The van der Waals surface area contributed by atoms with Gasteiger partial charge in [0.2, 0.25) is 5.95 Å². The van der Waals surface area contributed by atoms with Gasteiger partial charge < -0.3 is 25.6 Å². The van der Waals surface area contributed by atoms with Gasteiger partial charge in [0.15, 0.2) is 5.76 Å². The van der Waals surface area contributed by atoms with E-state index in [1.165, 1.54) is 0 Å². The lowest BCUT2D eigenvalue weighted by Crippen LogP contribution is -2.32. The van der Waals surface area contributed by atoms with Gasteiger partial charge in [-0.3, -0.25) is 4.79 Å². The predicted octanol–water partition coefficient (Wildman–Crippen LogP) is 4.31.